The second-order valence-electron chi connectivity index (χ2n) is 11.1. The van der Waals surface area contributed by atoms with Crippen LogP contribution in [0.1, 0.15) is 66.3 Å². The molecule has 8 heteroatoms. The van der Waals surface area contributed by atoms with Gasteiger partial charge in [0, 0.05) is 37.3 Å². The van der Waals surface area contributed by atoms with E-state index in [0.717, 1.165) is 43.5 Å². The highest BCUT2D eigenvalue weighted by molar-refractivity contribution is 5.95. The van der Waals surface area contributed by atoms with Gasteiger partial charge in [-0.25, -0.2) is 0 Å². The van der Waals surface area contributed by atoms with Crippen LogP contribution in [0.25, 0.3) is 0 Å². The summed E-state index contributed by atoms with van der Waals surface area (Å²) < 4.78 is 40.8. The van der Waals surface area contributed by atoms with Gasteiger partial charge < -0.3 is 14.5 Å². The van der Waals surface area contributed by atoms with Crippen molar-refractivity contribution in [2.45, 2.75) is 59.0 Å². The Morgan fingerprint density at radius 2 is 1.60 bits per heavy atom. The summed E-state index contributed by atoms with van der Waals surface area (Å²) in [6.45, 7) is 7.92. The van der Waals surface area contributed by atoms with Crippen LogP contribution >= 0.6 is 0 Å². The van der Waals surface area contributed by atoms with E-state index >= 15 is 0 Å². The monoisotopic (exact) mass is 488 g/mol. The number of carbonyl (C=O) groups excluding carboxylic acids is 2. The molecule has 1 saturated carbocycles. The third-order valence-electron chi connectivity index (χ3n) is 6.98. The maximum Gasteiger partial charge on any atom is 0.573 e. The maximum absolute atomic E-state index is 13.3. The molecule has 188 valence electrons. The molecule has 0 radical (unpaired) electrons. The lowest BCUT2D eigenvalue weighted by atomic mass is 9.65. The van der Waals surface area contributed by atoms with Gasteiger partial charge in [0.15, 0.2) is 0 Å². The van der Waals surface area contributed by atoms with Crippen molar-refractivity contribution in [1.29, 1.82) is 0 Å². The molecule has 2 aliphatic rings. The van der Waals surface area contributed by atoms with Gasteiger partial charge in [0.05, 0.1) is 0 Å². The van der Waals surface area contributed by atoms with Crippen molar-refractivity contribution >= 4 is 11.8 Å². The van der Waals surface area contributed by atoms with Crippen LogP contribution in [0.2, 0.25) is 0 Å². The summed E-state index contributed by atoms with van der Waals surface area (Å²) in [7, 11) is 1.62. The van der Waals surface area contributed by atoms with Gasteiger partial charge in [-0.15, -0.1) is 13.2 Å². The number of benzene rings is 2. The second kappa shape index (κ2) is 8.88. The van der Waals surface area contributed by atoms with Crippen LogP contribution < -0.4 is 4.74 Å². The van der Waals surface area contributed by atoms with Crippen molar-refractivity contribution < 1.29 is 27.5 Å². The zero-order chi connectivity index (χ0) is 25.6. The number of ether oxygens (including phenoxy) is 1. The van der Waals surface area contributed by atoms with Crippen LogP contribution in [0, 0.1) is 10.8 Å². The van der Waals surface area contributed by atoms with Gasteiger partial charge in [0.2, 0.25) is 0 Å². The first-order valence-electron chi connectivity index (χ1n) is 11.7. The minimum absolute atomic E-state index is 0.0496. The van der Waals surface area contributed by atoms with Crippen LogP contribution in [0.15, 0.2) is 48.5 Å². The van der Waals surface area contributed by atoms with Gasteiger partial charge >= 0.3 is 6.36 Å². The number of hydrogen-bond donors (Lipinski definition) is 0. The Labute approximate surface area is 203 Å². The molecule has 1 aliphatic heterocycles. The Bertz CT molecular complexity index is 1100. The van der Waals surface area contributed by atoms with Crippen molar-refractivity contribution in [1.82, 2.24) is 9.80 Å². The van der Waals surface area contributed by atoms with E-state index in [1.54, 1.807) is 19.2 Å². The normalized spacial score (nSPS) is 23.2. The number of fused-ring (bicyclic) bond motifs is 2. The molecular formula is C27H31F3N2O3. The average molecular weight is 489 g/mol. The number of rotatable bonds is 5. The fraction of sp³-hybridized carbons (Fsp3) is 0.481. The fourth-order valence-corrected chi connectivity index (χ4v) is 5.98. The number of alkyl halides is 3. The number of nitrogens with zero attached hydrogens (tertiary/aromatic N) is 2. The van der Waals surface area contributed by atoms with Gasteiger partial charge in [-0.2, -0.15) is 0 Å². The minimum Gasteiger partial charge on any atom is -0.406 e. The Kier molecular flexibility index (Phi) is 6.36. The molecule has 35 heavy (non-hydrogen) atoms. The summed E-state index contributed by atoms with van der Waals surface area (Å²) in [4.78, 5) is 29.5. The Hall–Kier alpha value is -3.03. The topological polar surface area (TPSA) is 49.9 Å². The summed E-state index contributed by atoms with van der Waals surface area (Å²) in [5.41, 5.74) is 2.15. The molecule has 2 aromatic carbocycles. The van der Waals surface area contributed by atoms with Gasteiger partial charge in [0.1, 0.15) is 5.75 Å². The third-order valence-corrected chi connectivity index (χ3v) is 6.98. The van der Waals surface area contributed by atoms with E-state index < -0.39 is 6.36 Å². The molecule has 2 aromatic rings. The van der Waals surface area contributed by atoms with Gasteiger partial charge in [-0.1, -0.05) is 32.9 Å². The van der Waals surface area contributed by atoms with Crippen LogP contribution in [-0.2, 0) is 6.54 Å². The predicted octanol–water partition coefficient (Wildman–Crippen LogP) is 5.90. The standard InChI is InChI=1S/C27H31F3N2O3/c1-25(2)13-21-14-26(3,16-25)17-32(21)24(34)20-7-5-18(6-8-20)15-31(4)23(33)19-9-11-22(12-10-19)35-27(28,29)30/h5-12,21H,13-17H2,1-4H3/t21-,26?/m1/s1. The Morgan fingerprint density at radius 3 is 2.20 bits per heavy atom. The molecule has 2 amide bonds. The quantitative estimate of drug-likeness (QED) is 0.527. The summed E-state index contributed by atoms with van der Waals surface area (Å²) in [5, 5.41) is 0. The first-order chi connectivity index (χ1) is 16.2. The van der Waals surface area contributed by atoms with Crippen LogP contribution in [-0.4, -0.2) is 47.6 Å². The molecule has 4 rings (SSSR count). The van der Waals surface area contributed by atoms with Gasteiger partial charge in [-0.3, -0.25) is 9.59 Å². The number of halogens is 3. The lowest BCUT2D eigenvalue weighted by Gasteiger charge is -2.39. The highest BCUT2D eigenvalue weighted by Gasteiger charge is 2.51. The number of carbonyl (C=O) groups is 2. The SMILES string of the molecule is CN(Cc1ccc(C(=O)N2CC3(C)C[C@H]2CC(C)(C)C3)cc1)C(=O)c1ccc(OC(F)(F)F)cc1. The zero-order valence-corrected chi connectivity index (χ0v) is 20.5. The van der Waals surface area contributed by atoms with E-state index in [-0.39, 0.29) is 40.0 Å². The van der Waals surface area contributed by atoms with E-state index in [0.29, 0.717) is 12.1 Å². The molecule has 5 nitrogen and oxygen atoms in total. The molecule has 2 fully saturated rings. The first kappa shape index (κ1) is 25.1. The molecule has 1 saturated heterocycles. The number of amides is 2. The molecule has 1 aliphatic carbocycles. The fourth-order valence-electron chi connectivity index (χ4n) is 5.98. The van der Waals surface area contributed by atoms with Gasteiger partial charge in [0.25, 0.3) is 11.8 Å². The summed E-state index contributed by atoms with van der Waals surface area (Å²) in [6, 6.07) is 12.4. The summed E-state index contributed by atoms with van der Waals surface area (Å²) in [5.74, 6) is -0.658. The predicted molar refractivity (Wildman–Crippen MR) is 126 cm³/mol. The highest BCUT2D eigenvalue weighted by atomic mass is 19.4. The molecule has 2 bridgehead atoms. The average Bonchev–Trinajstić information content (AvgIpc) is 3.01. The smallest absolute Gasteiger partial charge is 0.406 e. The molecule has 0 aromatic heterocycles. The van der Waals surface area contributed by atoms with Gasteiger partial charge in [-0.05, 0) is 72.1 Å². The van der Waals surface area contributed by atoms with Crippen LogP contribution in [0.4, 0.5) is 13.2 Å². The zero-order valence-electron chi connectivity index (χ0n) is 20.5. The highest BCUT2D eigenvalue weighted by Crippen LogP contribution is 2.52. The van der Waals surface area contributed by atoms with Crippen LogP contribution in [0.3, 0.4) is 0 Å². The molecule has 0 N–H and O–H groups in total. The summed E-state index contributed by atoms with van der Waals surface area (Å²) >= 11 is 0. The molecule has 1 heterocycles. The van der Waals surface area contributed by atoms with Crippen LogP contribution in [0.5, 0.6) is 5.75 Å². The van der Waals surface area contributed by atoms with E-state index in [4.69, 9.17) is 0 Å². The number of likely N-dealkylation sites (tertiary alicyclic amines) is 1. The molecule has 0 spiro atoms. The maximum atomic E-state index is 13.3. The summed E-state index contributed by atoms with van der Waals surface area (Å²) in [6.07, 6.45) is -1.59. The lowest BCUT2D eigenvalue weighted by molar-refractivity contribution is -0.274. The van der Waals surface area contributed by atoms with Crippen molar-refractivity contribution in [2.75, 3.05) is 13.6 Å². The Balaban J connectivity index is 1.38. The molecule has 2 atom stereocenters. The van der Waals surface area contributed by atoms with E-state index in [1.807, 2.05) is 17.0 Å². The third kappa shape index (κ3) is 5.80. The van der Waals surface area contributed by atoms with E-state index in [9.17, 15) is 22.8 Å². The van der Waals surface area contributed by atoms with E-state index in [2.05, 4.69) is 25.5 Å². The van der Waals surface area contributed by atoms with Crippen molar-refractivity contribution in [2.24, 2.45) is 10.8 Å². The van der Waals surface area contributed by atoms with Crippen molar-refractivity contribution in [3.05, 3.63) is 65.2 Å². The first-order valence-corrected chi connectivity index (χ1v) is 11.7. The lowest BCUT2D eigenvalue weighted by Crippen LogP contribution is -2.37. The molecule has 1 unspecified atom stereocenters. The largest absolute Gasteiger partial charge is 0.573 e. The van der Waals surface area contributed by atoms with E-state index in [1.165, 1.54) is 17.0 Å². The molecular weight excluding hydrogens is 457 g/mol. The minimum atomic E-state index is -4.78. The second-order valence-corrected chi connectivity index (χ2v) is 11.1. The number of hydrogen-bond acceptors (Lipinski definition) is 3. The van der Waals surface area contributed by atoms with Crippen molar-refractivity contribution in [3.63, 3.8) is 0 Å². The van der Waals surface area contributed by atoms with Crippen molar-refractivity contribution in [3.8, 4) is 5.75 Å². The Morgan fingerprint density at radius 1 is 1.00 bits per heavy atom.